The summed E-state index contributed by atoms with van der Waals surface area (Å²) >= 11 is 5.76. The van der Waals surface area contributed by atoms with E-state index in [0.717, 1.165) is 25.9 Å². The lowest BCUT2D eigenvalue weighted by Crippen LogP contribution is -2.09. The van der Waals surface area contributed by atoms with E-state index in [4.69, 9.17) is 16.1 Å². The monoisotopic (exact) mass is 309 g/mol. The molecule has 112 valence electrons. The topological polar surface area (TPSA) is 51.0 Å². The van der Waals surface area contributed by atoms with Crippen LogP contribution in [0.25, 0.3) is 0 Å². The van der Waals surface area contributed by atoms with Crippen LogP contribution in [0.5, 0.6) is 0 Å². The van der Waals surface area contributed by atoms with E-state index in [1.807, 2.05) is 0 Å². The first-order valence-electron chi connectivity index (χ1n) is 7.17. The summed E-state index contributed by atoms with van der Waals surface area (Å²) in [7, 11) is 0. The van der Waals surface area contributed by atoms with Crippen LogP contribution in [0.1, 0.15) is 30.1 Å². The zero-order valence-electron chi connectivity index (χ0n) is 11.6. The van der Waals surface area contributed by atoms with Crippen molar-refractivity contribution in [2.24, 2.45) is 5.92 Å². The standard InChI is InChI=1S/C15H17ClFN3O/c16-12-3-1-2-11(15(12)17)8-13-19-14(21-20-13)5-4-10-6-7-18-9-10/h1-3,10,18H,4-9H2. The number of hydrogen-bond acceptors (Lipinski definition) is 4. The van der Waals surface area contributed by atoms with Crippen molar-refractivity contribution < 1.29 is 8.91 Å². The van der Waals surface area contributed by atoms with Gasteiger partial charge in [0, 0.05) is 12.8 Å². The van der Waals surface area contributed by atoms with E-state index >= 15 is 0 Å². The minimum absolute atomic E-state index is 0.116. The zero-order chi connectivity index (χ0) is 14.7. The van der Waals surface area contributed by atoms with Crippen LogP contribution in [0.4, 0.5) is 4.39 Å². The first-order valence-corrected chi connectivity index (χ1v) is 7.55. The first kappa shape index (κ1) is 14.5. The number of hydrogen-bond donors (Lipinski definition) is 1. The Labute approximate surface area is 127 Å². The van der Waals surface area contributed by atoms with Gasteiger partial charge in [0.15, 0.2) is 5.82 Å². The van der Waals surface area contributed by atoms with Crippen LogP contribution < -0.4 is 5.32 Å². The van der Waals surface area contributed by atoms with Gasteiger partial charge in [-0.25, -0.2) is 4.39 Å². The van der Waals surface area contributed by atoms with Gasteiger partial charge in [0.25, 0.3) is 0 Å². The van der Waals surface area contributed by atoms with E-state index in [2.05, 4.69) is 15.5 Å². The Bertz CT molecular complexity index is 611. The number of benzene rings is 1. The lowest BCUT2D eigenvalue weighted by molar-refractivity contribution is 0.361. The van der Waals surface area contributed by atoms with Crippen molar-refractivity contribution in [3.63, 3.8) is 0 Å². The highest BCUT2D eigenvalue weighted by atomic mass is 35.5. The largest absolute Gasteiger partial charge is 0.339 e. The molecule has 1 saturated heterocycles. The van der Waals surface area contributed by atoms with E-state index in [-0.39, 0.29) is 5.02 Å². The molecule has 0 saturated carbocycles. The van der Waals surface area contributed by atoms with E-state index in [9.17, 15) is 4.39 Å². The van der Waals surface area contributed by atoms with Gasteiger partial charge < -0.3 is 9.84 Å². The third-order valence-electron chi connectivity index (χ3n) is 3.82. The molecule has 1 aromatic heterocycles. The fourth-order valence-electron chi connectivity index (χ4n) is 2.61. The maximum Gasteiger partial charge on any atom is 0.226 e. The number of nitrogens with zero attached hydrogens (tertiary/aromatic N) is 2. The molecule has 3 rings (SSSR count). The van der Waals surface area contributed by atoms with E-state index < -0.39 is 5.82 Å². The molecule has 4 nitrogen and oxygen atoms in total. The molecule has 1 aliphatic heterocycles. The molecule has 1 aromatic carbocycles. The van der Waals surface area contributed by atoms with E-state index in [1.165, 1.54) is 12.5 Å². The smallest absolute Gasteiger partial charge is 0.226 e. The molecule has 2 aromatic rings. The molecule has 0 amide bonds. The zero-order valence-corrected chi connectivity index (χ0v) is 12.4. The molecular formula is C15H17ClFN3O. The van der Waals surface area contributed by atoms with Crippen molar-refractivity contribution in [2.75, 3.05) is 13.1 Å². The summed E-state index contributed by atoms with van der Waals surface area (Å²) in [5, 5.41) is 7.37. The molecular weight excluding hydrogens is 293 g/mol. The molecule has 1 aliphatic rings. The van der Waals surface area contributed by atoms with E-state index in [0.29, 0.717) is 29.6 Å². The Kier molecular flexibility index (Phi) is 4.51. The number of aryl methyl sites for hydroxylation is 1. The lowest BCUT2D eigenvalue weighted by Gasteiger charge is -2.04. The van der Waals surface area contributed by atoms with Gasteiger partial charge in [0.2, 0.25) is 5.89 Å². The molecule has 1 atom stereocenters. The van der Waals surface area contributed by atoms with Gasteiger partial charge in [-0.15, -0.1) is 0 Å². The van der Waals surface area contributed by atoms with Crippen molar-refractivity contribution >= 4 is 11.6 Å². The van der Waals surface area contributed by atoms with Crippen molar-refractivity contribution in [3.8, 4) is 0 Å². The van der Waals surface area contributed by atoms with Crippen LogP contribution in [-0.2, 0) is 12.8 Å². The SMILES string of the molecule is Fc1c(Cl)cccc1Cc1noc(CCC2CCNC2)n1. The molecule has 0 aliphatic carbocycles. The number of nitrogens with one attached hydrogen (secondary N) is 1. The van der Waals surface area contributed by atoms with Crippen molar-refractivity contribution in [3.05, 3.63) is 46.3 Å². The third kappa shape index (κ3) is 3.60. The third-order valence-corrected chi connectivity index (χ3v) is 4.11. The molecule has 1 N–H and O–H groups in total. The highest BCUT2D eigenvalue weighted by molar-refractivity contribution is 6.30. The van der Waals surface area contributed by atoms with Crippen LogP contribution in [0, 0.1) is 11.7 Å². The van der Waals surface area contributed by atoms with Gasteiger partial charge >= 0.3 is 0 Å². The summed E-state index contributed by atoms with van der Waals surface area (Å²) in [6.45, 7) is 2.16. The average molecular weight is 310 g/mol. The average Bonchev–Trinajstić information content (AvgIpc) is 3.13. The van der Waals surface area contributed by atoms with Crippen LogP contribution in [-0.4, -0.2) is 23.2 Å². The summed E-state index contributed by atoms with van der Waals surface area (Å²) < 4.78 is 19.1. The normalized spacial score (nSPS) is 18.3. The van der Waals surface area contributed by atoms with Gasteiger partial charge in [-0.05, 0) is 43.5 Å². The second-order valence-corrected chi connectivity index (χ2v) is 5.80. The minimum atomic E-state index is -0.414. The highest BCUT2D eigenvalue weighted by Crippen LogP contribution is 2.20. The second kappa shape index (κ2) is 6.54. The van der Waals surface area contributed by atoms with Crippen LogP contribution in [0.2, 0.25) is 5.02 Å². The Balaban J connectivity index is 1.60. The maximum atomic E-state index is 13.8. The Morgan fingerprint density at radius 2 is 2.33 bits per heavy atom. The Hall–Kier alpha value is -1.46. The van der Waals surface area contributed by atoms with Crippen molar-refractivity contribution in [1.82, 2.24) is 15.5 Å². The molecule has 0 bridgehead atoms. The van der Waals surface area contributed by atoms with E-state index in [1.54, 1.807) is 12.1 Å². The highest BCUT2D eigenvalue weighted by Gasteiger charge is 2.16. The second-order valence-electron chi connectivity index (χ2n) is 5.39. The lowest BCUT2D eigenvalue weighted by atomic mass is 10.0. The summed E-state index contributed by atoms with van der Waals surface area (Å²) in [6.07, 6.45) is 3.31. The predicted octanol–water partition coefficient (Wildman–Crippen LogP) is 3.00. The molecule has 0 radical (unpaired) electrons. The Morgan fingerprint density at radius 1 is 1.43 bits per heavy atom. The molecule has 1 fully saturated rings. The van der Waals surface area contributed by atoms with Crippen LogP contribution >= 0.6 is 11.6 Å². The van der Waals surface area contributed by atoms with Gasteiger partial charge in [-0.1, -0.05) is 28.9 Å². The van der Waals surface area contributed by atoms with Crippen molar-refractivity contribution in [1.29, 1.82) is 0 Å². The summed E-state index contributed by atoms with van der Waals surface area (Å²) in [6, 6.07) is 4.92. The number of aromatic nitrogens is 2. The fourth-order valence-corrected chi connectivity index (χ4v) is 2.80. The molecule has 0 spiro atoms. The quantitative estimate of drug-likeness (QED) is 0.922. The minimum Gasteiger partial charge on any atom is -0.339 e. The fraction of sp³-hybridized carbons (Fsp3) is 0.467. The van der Waals surface area contributed by atoms with Crippen LogP contribution in [0.15, 0.2) is 22.7 Å². The summed E-state index contributed by atoms with van der Waals surface area (Å²) in [4.78, 5) is 4.33. The van der Waals surface area contributed by atoms with Gasteiger partial charge in [0.05, 0.1) is 5.02 Å². The molecule has 6 heteroatoms. The van der Waals surface area contributed by atoms with Gasteiger partial charge in [-0.2, -0.15) is 4.98 Å². The summed E-state index contributed by atoms with van der Waals surface area (Å²) in [5.74, 6) is 1.39. The van der Waals surface area contributed by atoms with Crippen LogP contribution in [0.3, 0.4) is 0 Å². The Morgan fingerprint density at radius 3 is 3.14 bits per heavy atom. The number of rotatable bonds is 5. The molecule has 2 heterocycles. The van der Waals surface area contributed by atoms with Gasteiger partial charge in [-0.3, -0.25) is 0 Å². The molecule has 1 unspecified atom stereocenters. The van der Waals surface area contributed by atoms with Crippen molar-refractivity contribution in [2.45, 2.75) is 25.7 Å². The summed E-state index contributed by atoms with van der Waals surface area (Å²) in [5.41, 5.74) is 0.481. The first-order chi connectivity index (χ1) is 10.2. The maximum absolute atomic E-state index is 13.8. The van der Waals surface area contributed by atoms with Gasteiger partial charge in [0.1, 0.15) is 5.82 Å². The predicted molar refractivity (Wildman–Crippen MR) is 77.8 cm³/mol. The number of halogens is 2. The molecule has 21 heavy (non-hydrogen) atoms.